The molecule has 1 unspecified atom stereocenters. The summed E-state index contributed by atoms with van der Waals surface area (Å²) in [6.45, 7) is 3.66. The van der Waals surface area contributed by atoms with Gasteiger partial charge in [0.25, 0.3) is 5.97 Å². The Morgan fingerprint density at radius 2 is 1.71 bits per heavy atom. The van der Waals surface area contributed by atoms with Gasteiger partial charge in [-0.3, -0.25) is 4.79 Å². The van der Waals surface area contributed by atoms with Crippen molar-refractivity contribution < 1.29 is 29.0 Å². The third kappa shape index (κ3) is 10.5. The van der Waals surface area contributed by atoms with Gasteiger partial charge in [-0.1, -0.05) is 44.4 Å². The number of amides is 1. The summed E-state index contributed by atoms with van der Waals surface area (Å²) in [4.78, 5) is 33.0. The number of rotatable bonds is 7. The third-order valence-corrected chi connectivity index (χ3v) is 4.27. The topological polar surface area (TPSA) is 102 Å². The van der Waals surface area contributed by atoms with E-state index >= 15 is 0 Å². The molecule has 1 saturated carbocycles. The van der Waals surface area contributed by atoms with Crippen LogP contribution in [0.4, 0.5) is 4.79 Å². The van der Waals surface area contributed by atoms with Crippen LogP contribution in [0.2, 0.25) is 0 Å². The molecule has 7 nitrogen and oxygen atoms in total. The SMILES string of the molecule is CC(=O)O.CCCC(OC(=O)NCC1CCCCC1)OC(=O)c1ccccc1. The quantitative estimate of drug-likeness (QED) is 0.527. The Balaban J connectivity index is 0.000000892. The van der Waals surface area contributed by atoms with E-state index in [-0.39, 0.29) is 0 Å². The number of carbonyl (C=O) groups is 3. The summed E-state index contributed by atoms with van der Waals surface area (Å²) in [7, 11) is 0. The molecule has 0 heterocycles. The molecule has 2 rings (SSSR count). The maximum atomic E-state index is 12.1. The van der Waals surface area contributed by atoms with Gasteiger partial charge >= 0.3 is 12.1 Å². The number of hydrogen-bond acceptors (Lipinski definition) is 5. The van der Waals surface area contributed by atoms with E-state index in [1.54, 1.807) is 24.3 Å². The molecular formula is C21H31NO6. The standard InChI is InChI=1S/C19H27NO4.C2H4O2/c1-2-9-17(23-18(21)16-12-7-4-8-13-16)24-19(22)20-14-15-10-5-3-6-11-15;1-2(3)4/h4,7-8,12-13,15,17H,2-3,5-6,9-11,14H2,1H3,(H,20,22);1H3,(H,3,4). The highest BCUT2D eigenvalue weighted by Gasteiger charge is 2.20. The molecule has 0 spiro atoms. The zero-order chi connectivity index (χ0) is 20.8. The number of carboxylic acids is 1. The summed E-state index contributed by atoms with van der Waals surface area (Å²) in [6.07, 6.45) is 5.92. The van der Waals surface area contributed by atoms with Crippen LogP contribution in [0.1, 0.15) is 69.2 Å². The van der Waals surface area contributed by atoms with Crippen LogP contribution in [0.25, 0.3) is 0 Å². The zero-order valence-electron chi connectivity index (χ0n) is 16.7. The fourth-order valence-corrected chi connectivity index (χ4v) is 2.92. The van der Waals surface area contributed by atoms with E-state index in [1.807, 2.05) is 13.0 Å². The highest BCUT2D eigenvalue weighted by molar-refractivity contribution is 5.89. The van der Waals surface area contributed by atoms with E-state index in [4.69, 9.17) is 19.4 Å². The molecule has 0 saturated heterocycles. The fraction of sp³-hybridized carbons (Fsp3) is 0.571. The molecule has 1 atom stereocenters. The summed E-state index contributed by atoms with van der Waals surface area (Å²) in [5, 5.41) is 10.2. The van der Waals surface area contributed by atoms with Gasteiger partial charge in [0, 0.05) is 19.9 Å². The van der Waals surface area contributed by atoms with E-state index in [0.717, 1.165) is 26.2 Å². The van der Waals surface area contributed by atoms with Crippen LogP contribution in [0.3, 0.4) is 0 Å². The Morgan fingerprint density at radius 1 is 1.11 bits per heavy atom. The van der Waals surface area contributed by atoms with Crippen LogP contribution >= 0.6 is 0 Å². The number of ether oxygens (including phenoxy) is 2. The van der Waals surface area contributed by atoms with Crippen LogP contribution in [-0.2, 0) is 14.3 Å². The van der Waals surface area contributed by atoms with Crippen LogP contribution in [0, 0.1) is 5.92 Å². The lowest BCUT2D eigenvalue weighted by molar-refractivity contribution is -0.134. The Morgan fingerprint density at radius 3 is 2.29 bits per heavy atom. The maximum absolute atomic E-state index is 12.1. The van der Waals surface area contributed by atoms with Gasteiger partial charge in [0.1, 0.15) is 0 Å². The van der Waals surface area contributed by atoms with Crippen molar-refractivity contribution >= 4 is 18.0 Å². The first kappa shape index (κ1) is 23.5. The molecule has 7 heteroatoms. The molecule has 28 heavy (non-hydrogen) atoms. The van der Waals surface area contributed by atoms with Crippen molar-refractivity contribution in [3.63, 3.8) is 0 Å². The summed E-state index contributed by atoms with van der Waals surface area (Å²) in [6, 6.07) is 8.71. The van der Waals surface area contributed by atoms with Crippen molar-refractivity contribution in [2.45, 2.75) is 65.1 Å². The number of carbonyl (C=O) groups excluding carboxylic acids is 2. The van der Waals surface area contributed by atoms with Crippen molar-refractivity contribution in [3.05, 3.63) is 35.9 Å². The van der Waals surface area contributed by atoms with E-state index in [2.05, 4.69) is 5.32 Å². The summed E-state index contributed by atoms with van der Waals surface area (Å²) < 4.78 is 10.6. The minimum atomic E-state index is -0.853. The minimum absolute atomic E-state index is 0.449. The predicted molar refractivity (Wildman–Crippen MR) is 105 cm³/mol. The van der Waals surface area contributed by atoms with Crippen LogP contribution in [0.15, 0.2) is 30.3 Å². The Kier molecular flexibility index (Phi) is 11.4. The molecule has 0 aliphatic heterocycles. The van der Waals surface area contributed by atoms with Gasteiger partial charge in [-0.05, 0) is 37.3 Å². The molecule has 1 amide bonds. The number of alkyl carbamates (subject to hydrolysis) is 1. The number of benzene rings is 1. The second-order valence-electron chi connectivity index (χ2n) is 6.80. The lowest BCUT2D eigenvalue weighted by Crippen LogP contribution is -2.35. The van der Waals surface area contributed by atoms with E-state index in [0.29, 0.717) is 24.4 Å². The van der Waals surface area contributed by atoms with Crippen LogP contribution in [-0.4, -0.2) is 36.0 Å². The number of nitrogens with one attached hydrogen (secondary N) is 1. The molecule has 0 bridgehead atoms. The first-order chi connectivity index (χ1) is 13.4. The second kappa shape index (κ2) is 13.6. The summed E-state index contributed by atoms with van der Waals surface area (Å²) >= 11 is 0. The number of hydrogen-bond donors (Lipinski definition) is 2. The van der Waals surface area contributed by atoms with Gasteiger partial charge in [0.2, 0.25) is 6.29 Å². The van der Waals surface area contributed by atoms with Gasteiger partial charge in [-0.15, -0.1) is 0 Å². The molecular weight excluding hydrogens is 362 g/mol. The van der Waals surface area contributed by atoms with E-state index < -0.39 is 24.3 Å². The molecule has 156 valence electrons. The Hall–Kier alpha value is -2.57. The van der Waals surface area contributed by atoms with Gasteiger partial charge in [0.15, 0.2) is 0 Å². The highest BCUT2D eigenvalue weighted by atomic mass is 16.7. The Bertz CT molecular complexity index is 594. The third-order valence-electron chi connectivity index (χ3n) is 4.27. The van der Waals surface area contributed by atoms with Gasteiger partial charge in [-0.25, -0.2) is 9.59 Å². The number of aliphatic carboxylic acids is 1. The first-order valence-corrected chi connectivity index (χ1v) is 9.82. The van der Waals surface area contributed by atoms with Crippen molar-refractivity contribution in [3.8, 4) is 0 Å². The van der Waals surface area contributed by atoms with Gasteiger partial charge in [-0.2, -0.15) is 0 Å². The molecule has 0 radical (unpaired) electrons. The molecule has 1 aromatic carbocycles. The number of carboxylic acid groups (broad SMARTS) is 1. The molecule has 0 aromatic heterocycles. The van der Waals surface area contributed by atoms with Crippen molar-refractivity contribution in [1.29, 1.82) is 0 Å². The predicted octanol–water partition coefficient (Wildman–Crippen LogP) is 4.37. The number of esters is 1. The van der Waals surface area contributed by atoms with Gasteiger partial charge < -0.3 is 19.9 Å². The molecule has 1 aliphatic carbocycles. The average Bonchev–Trinajstić information content (AvgIpc) is 2.67. The van der Waals surface area contributed by atoms with E-state index in [1.165, 1.54) is 19.3 Å². The maximum Gasteiger partial charge on any atom is 0.410 e. The lowest BCUT2D eigenvalue weighted by Gasteiger charge is -2.23. The molecule has 2 N–H and O–H groups in total. The first-order valence-electron chi connectivity index (χ1n) is 9.82. The molecule has 1 aromatic rings. The summed E-state index contributed by atoms with van der Waals surface area (Å²) in [5.74, 6) is -0.781. The van der Waals surface area contributed by atoms with Gasteiger partial charge in [0.05, 0.1) is 5.56 Å². The smallest absolute Gasteiger partial charge is 0.410 e. The highest BCUT2D eigenvalue weighted by Crippen LogP contribution is 2.22. The van der Waals surface area contributed by atoms with E-state index in [9.17, 15) is 9.59 Å². The van der Waals surface area contributed by atoms with Crippen LogP contribution in [0.5, 0.6) is 0 Å². The normalized spacial score (nSPS) is 14.8. The average molecular weight is 393 g/mol. The lowest BCUT2D eigenvalue weighted by atomic mass is 9.89. The molecule has 1 fully saturated rings. The van der Waals surface area contributed by atoms with Crippen LogP contribution < -0.4 is 5.32 Å². The largest absolute Gasteiger partial charge is 0.481 e. The fourth-order valence-electron chi connectivity index (χ4n) is 2.92. The minimum Gasteiger partial charge on any atom is -0.481 e. The van der Waals surface area contributed by atoms with Crippen molar-refractivity contribution in [2.75, 3.05) is 6.54 Å². The van der Waals surface area contributed by atoms with Crippen molar-refractivity contribution in [2.24, 2.45) is 5.92 Å². The zero-order valence-corrected chi connectivity index (χ0v) is 16.7. The second-order valence-corrected chi connectivity index (χ2v) is 6.80. The summed E-state index contributed by atoms with van der Waals surface area (Å²) in [5.41, 5.74) is 0.449. The monoisotopic (exact) mass is 393 g/mol. The van der Waals surface area contributed by atoms with Crippen molar-refractivity contribution in [1.82, 2.24) is 5.32 Å². The molecule has 1 aliphatic rings. The Labute approximate surface area is 166 Å².